The number of ether oxygens (including phenoxy) is 2. The normalized spacial score (nSPS) is 12.9. The van der Waals surface area contributed by atoms with Crippen LogP contribution in [0.3, 0.4) is 0 Å². The van der Waals surface area contributed by atoms with Gasteiger partial charge in [-0.05, 0) is 48.9 Å². The Kier molecular flexibility index (Phi) is 13.5. The molecule has 0 radical (unpaired) electrons. The Balaban J connectivity index is 1.55. The molecule has 4 N–H and O–H groups in total. The first-order chi connectivity index (χ1) is 23.2. The van der Waals surface area contributed by atoms with Gasteiger partial charge in [0.1, 0.15) is 18.7 Å². The Morgan fingerprint density at radius 3 is 2.33 bits per heavy atom. The quantitative estimate of drug-likeness (QED) is 0.122. The first-order valence-electron chi connectivity index (χ1n) is 16.3. The van der Waals surface area contributed by atoms with Crippen molar-refractivity contribution in [2.75, 3.05) is 6.61 Å². The van der Waals surface area contributed by atoms with Gasteiger partial charge in [-0.3, -0.25) is 19.4 Å². The number of amides is 3. The summed E-state index contributed by atoms with van der Waals surface area (Å²) in [5.74, 6) is -1.10. The van der Waals surface area contributed by atoms with Crippen LogP contribution in [0.1, 0.15) is 56.9 Å². The summed E-state index contributed by atoms with van der Waals surface area (Å²) in [5.41, 5.74) is 2.89. The van der Waals surface area contributed by atoms with Gasteiger partial charge < -0.3 is 30.4 Å². The van der Waals surface area contributed by atoms with Crippen molar-refractivity contribution < 1.29 is 28.7 Å². The number of hydrogen-bond donors (Lipinski definition) is 4. The molecule has 0 fully saturated rings. The molecule has 48 heavy (non-hydrogen) atoms. The van der Waals surface area contributed by atoms with E-state index in [1.165, 1.54) is 6.33 Å². The highest BCUT2D eigenvalue weighted by Crippen LogP contribution is 2.19. The van der Waals surface area contributed by atoms with Crippen molar-refractivity contribution in [3.05, 3.63) is 96.2 Å². The maximum Gasteiger partial charge on any atom is 0.408 e. The number of esters is 1. The van der Waals surface area contributed by atoms with E-state index in [-0.39, 0.29) is 50.4 Å². The van der Waals surface area contributed by atoms with E-state index in [1.54, 1.807) is 19.3 Å². The van der Waals surface area contributed by atoms with E-state index in [0.29, 0.717) is 18.5 Å². The Hall–Kier alpha value is -5.26. The van der Waals surface area contributed by atoms with Crippen molar-refractivity contribution in [1.82, 2.24) is 30.9 Å². The molecular weight excluding hydrogens is 612 g/mol. The van der Waals surface area contributed by atoms with Gasteiger partial charge in [0, 0.05) is 43.1 Å². The first-order valence-corrected chi connectivity index (χ1v) is 16.3. The fraction of sp³-hybridized carbons (Fsp3) is 0.389. The third-order valence-corrected chi connectivity index (χ3v) is 7.69. The molecule has 12 nitrogen and oxygen atoms in total. The number of nitrogens with zero attached hydrogens (tertiary/aromatic N) is 2. The Morgan fingerprint density at radius 2 is 1.60 bits per heavy atom. The van der Waals surface area contributed by atoms with E-state index in [9.17, 15) is 19.2 Å². The number of imidazole rings is 1. The highest BCUT2D eigenvalue weighted by Gasteiger charge is 2.30. The summed E-state index contributed by atoms with van der Waals surface area (Å²) in [4.78, 5) is 64.5. The van der Waals surface area contributed by atoms with Crippen LogP contribution in [-0.2, 0) is 43.3 Å². The fourth-order valence-electron chi connectivity index (χ4n) is 5.42. The lowest BCUT2D eigenvalue weighted by Gasteiger charge is -2.26. The molecule has 2 heterocycles. The number of hydrogen-bond acceptors (Lipinski definition) is 8. The molecule has 2 aromatic heterocycles. The number of carbonyl (C=O) groups excluding carboxylic acids is 4. The van der Waals surface area contributed by atoms with E-state index < -0.39 is 30.0 Å². The van der Waals surface area contributed by atoms with Crippen molar-refractivity contribution in [1.29, 1.82) is 0 Å². The minimum absolute atomic E-state index is 0.0203. The Labute approximate surface area is 280 Å². The smallest absolute Gasteiger partial charge is 0.408 e. The van der Waals surface area contributed by atoms with Crippen LogP contribution in [0.25, 0.3) is 10.9 Å². The van der Waals surface area contributed by atoms with Gasteiger partial charge in [-0.15, -0.1) is 0 Å². The van der Waals surface area contributed by atoms with E-state index in [2.05, 4.69) is 30.9 Å². The molecule has 4 rings (SSSR count). The van der Waals surface area contributed by atoms with Crippen molar-refractivity contribution in [3.8, 4) is 0 Å². The number of fused-ring (bicyclic) bond motifs is 1. The summed E-state index contributed by atoms with van der Waals surface area (Å²) < 4.78 is 10.5. The van der Waals surface area contributed by atoms with Gasteiger partial charge in [0.05, 0.1) is 24.1 Å². The molecular formula is C36H44N6O6. The summed E-state index contributed by atoms with van der Waals surface area (Å²) in [6.07, 6.45) is 5.43. The number of H-pyrrole nitrogens is 1. The van der Waals surface area contributed by atoms with Crippen molar-refractivity contribution >= 4 is 34.8 Å². The lowest BCUT2D eigenvalue weighted by Crippen LogP contribution is -2.56. The van der Waals surface area contributed by atoms with Gasteiger partial charge in [-0.25, -0.2) is 9.78 Å². The number of carbonyl (C=O) groups is 4. The van der Waals surface area contributed by atoms with Gasteiger partial charge in [0.2, 0.25) is 11.8 Å². The molecule has 3 amide bonds. The number of benzene rings is 2. The molecule has 0 aliphatic rings. The van der Waals surface area contributed by atoms with Crippen LogP contribution in [0, 0.1) is 5.92 Å². The van der Waals surface area contributed by atoms with Crippen LogP contribution < -0.4 is 16.0 Å². The zero-order valence-electron chi connectivity index (χ0n) is 27.6. The van der Waals surface area contributed by atoms with Gasteiger partial charge in [0.15, 0.2) is 0 Å². The number of aromatic nitrogens is 3. The second-order valence-electron chi connectivity index (χ2n) is 12.0. The molecule has 0 saturated carbocycles. The van der Waals surface area contributed by atoms with Crippen molar-refractivity contribution in [2.45, 2.75) is 77.6 Å². The largest absolute Gasteiger partial charge is 0.466 e. The van der Waals surface area contributed by atoms with Crippen LogP contribution in [0.4, 0.5) is 4.79 Å². The average Bonchev–Trinajstić information content (AvgIpc) is 3.59. The molecule has 0 bridgehead atoms. The topological polar surface area (TPSA) is 164 Å². The fourth-order valence-corrected chi connectivity index (χ4v) is 5.42. The first kappa shape index (κ1) is 35.6. The lowest BCUT2D eigenvalue weighted by molar-refractivity contribution is -0.143. The number of rotatable bonds is 17. The lowest BCUT2D eigenvalue weighted by atomic mass is 9.98. The molecule has 0 aliphatic carbocycles. The van der Waals surface area contributed by atoms with E-state index in [1.807, 2.05) is 74.5 Å². The van der Waals surface area contributed by atoms with Crippen molar-refractivity contribution in [3.63, 3.8) is 0 Å². The van der Waals surface area contributed by atoms with Gasteiger partial charge in [0.25, 0.3) is 0 Å². The van der Waals surface area contributed by atoms with Crippen LogP contribution >= 0.6 is 0 Å². The highest BCUT2D eigenvalue weighted by molar-refractivity contribution is 5.92. The second-order valence-corrected chi connectivity index (χ2v) is 12.0. The van der Waals surface area contributed by atoms with Crippen molar-refractivity contribution in [2.24, 2.45) is 5.92 Å². The van der Waals surface area contributed by atoms with E-state index >= 15 is 0 Å². The predicted octanol–water partition coefficient (Wildman–Crippen LogP) is 4.40. The molecule has 2 aromatic carbocycles. The summed E-state index contributed by atoms with van der Waals surface area (Å²) in [6.45, 7) is 6.11. The monoisotopic (exact) mass is 656 g/mol. The van der Waals surface area contributed by atoms with Gasteiger partial charge >= 0.3 is 12.1 Å². The molecule has 4 aromatic rings. The van der Waals surface area contributed by atoms with Crippen LogP contribution in [0.15, 0.2) is 79.4 Å². The standard InChI is InChI=1S/C36H44N6O6/c1-4-47-33(43)16-15-27(18-24(2)3)40-34(44)32(20-28-21-37-23-39-28)41-35(45)31(42-36(46)48-22-25-10-6-5-7-11-25)19-26-12-8-14-30-29(26)13-9-17-38-30/h5-14,17,21,23-24,27,31-32H,4,15-16,18-20,22H2,1-3H3,(H,37,39)(H,40,44)(H,41,45)(H,42,46)/t27-,31+,32+/m0/s1. The zero-order chi connectivity index (χ0) is 34.3. The van der Waals surface area contributed by atoms with Crippen LogP contribution in [0.2, 0.25) is 0 Å². The molecule has 0 saturated heterocycles. The molecule has 0 spiro atoms. The summed E-state index contributed by atoms with van der Waals surface area (Å²) in [7, 11) is 0. The number of nitrogens with one attached hydrogen (secondary N) is 4. The molecule has 3 atom stereocenters. The van der Waals surface area contributed by atoms with Crippen LogP contribution in [0.5, 0.6) is 0 Å². The average molecular weight is 657 g/mol. The molecule has 12 heteroatoms. The second kappa shape index (κ2) is 18.2. The minimum Gasteiger partial charge on any atom is -0.466 e. The number of pyridine rings is 1. The third kappa shape index (κ3) is 11.2. The van der Waals surface area contributed by atoms with E-state index in [4.69, 9.17) is 9.47 Å². The molecule has 0 unspecified atom stereocenters. The summed E-state index contributed by atoms with van der Waals surface area (Å²) >= 11 is 0. The maximum absolute atomic E-state index is 14.0. The highest BCUT2D eigenvalue weighted by atomic mass is 16.5. The van der Waals surface area contributed by atoms with E-state index in [0.717, 1.165) is 22.0 Å². The Morgan fingerprint density at radius 1 is 0.833 bits per heavy atom. The molecule has 254 valence electrons. The van der Waals surface area contributed by atoms with Gasteiger partial charge in [-0.2, -0.15) is 0 Å². The maximum atomic E-state index is 14.0. The third-order valence-electron chi connectivity index (χ3n) is 7.69. The number of aromatic amines is 1. The SMILES string of the molecule is CCOC(=O)CC[C@@H](CC(C)C)NC(=O)[C@@H](Cc1c[nH]cn1)NC(=O)[C@@H](Cc1cccc2ncccc12)NC(=O)OCc1ccccc1. The van der Waals surface area contributed by atoms with Gasteiger partial charge in [-0.1, -0.05) is 62.4 Å². The molecule has 0 aliphatic heterocycles. The minimum atomic E-state index is -1.09. The predicted molar refractivity (Wildman–Crippen MR) is 180 cm³/mol. The Bertz CT molecular complexity index is 1620. The summed E-state index contributed by atoms with van der Waals surface area (Å²) in [6, 6.07) is 16.0. The zero-order valence-corrected chi connectivity index (χ0v) is 27.6. The summed E-state index contributed by atoms with van der Waals surface area (Å²) in [5, 5.41) is 9.45. The number of alkyl carbamates (subject to hydrolysis) is 1. The van der Waals surface area contributed by atoms with Crippen LogP contribution in [-0.4, -0.2) is 63.6 Å².